The van der Waals surface area contributed by atoms with Crippen molar-refractivity contribution in [2.24, 2.45) is 5.92 Å². The lowest BCUT2D eigenvalue weighted by molar-refractivity contribution is -0.142. The summed E-state index contributed by atoms with van der Waals surface area (Å²) < 4.78 is 1.53. The summed E-state index contributed by atoms with van der Waals surface area (Å²) in [5.74, 6) is -0.979. The van der Waals surface area contributed by atoms with Crippen molar-refractivity contribution in [2.75, 3.05) is 5.73 Å². The van der Waals surface area contributed by atoms with Crippen LogP contribution in [0.1, 0.15) is 67.2 Å². The number of pyridine rings is 1. The minimum absolute atomic E-state index is 0.00546. The third-order valence-corrected chi connectivity index (χ3v) is 7.75. The Morgan fingerprint density at radius 3 is 2.66 bits per heavy atom. The summed E-state index contributed by atoms with van der Waals surface area (Å²) in [4.78, 5) is 34.6. The average molecular weight is 452 g/mol. The maximum absolute atomic E-state index is 12.5. The number of nitrogens with two attached hydrogens (primary N) is 1. The molecule has 0 aromatic carbocycles. The highest BCUT2D eigenvalue weighted by molar-refractivity contribution is 8.00. The van der Waals surface area contributed by atoms with Crippen molar-refractivity contribution < 1.29 is 14.7 Å². The van der Waals surface area contributed by atoms with Crippen molar-refractivity contribution in [1.29, 1.82) is 0 Å². The van der Waals surface area contributed by atoms with Gasteiger partial charge in [0.1, 0.15) is 5.82 Å². The SMILES string of the molecule is CC(=O)c1c(C2CCC(C(=O)O)CC2)nc2c(-c3cnc4c(c3)SC(C)C4)cnn2c1N. The lowest BCUT2D eigenvalue weighted by atomic mass is 9.79. The number of carbonyl (C=O) groups excluding carboxylic acids is 1. The predicted molar refractivity (Wildman–Crippen MR) is 122 cm³/mol. The molecule has 8 nitrogen and oxygen atoms in total. The van der Waals surface area contributed by atoms with Gasteiger partial charge in [-0.1, -0.05) is 6.92 Å². The van der Waals surface area contributed by atoms with Gasteiger partial charge in [0.25, 0.3) is 0 Å². The van der Waals surface area contributed by atoms with Crippen LogP contribution < -0.4 is 5.73 Å². The largest absolute Gasteiger partial charge is 0.481 e. The first-order valence-corrected chi connectivity index (χ1v) is 11.8. The third kappa shape index (κ3) is 3.44. The monoisotopic (exact) mass is 451 g/mol. The number of aliphatic carboxylic acids is 1. The Morgan fingerprint density at radius 2 is 1.97 bits per heavy atom. The van der Waals surface area contributed by atoms with E-state index in [1.807, 2.05) is 18.0 Å². The first-order valence-electron chi connectivity index (χ1n) is 10.9. The predicted octanol–water partition coefficient (Wildman–Crippen LogP) is 3.97. The summed E-state index contributed by atoms with van der Waals surface area (Å²) >= 11 is 1.82. The molecule has 0 saturated heterocycles. The van der Waals surface area contributed by atoms with Crippen LogP contribution in [0.2, 0.25) is 0 Å². The normalized spacial score (nSPS) is 22.8. The van der Waals surface area contributed by atoms with Gasteiger partial charge in [0.2, 0.25) is 0 Å². The number of carboxylic acids is 1. The van der Waals surface area contributed by atoms with Crippen molar-refractivity contribution >= 4 is 35.0 Å². The van der Waals surface area contributed by atoms with Crippen LogP contribution in [0.15, 0.2) is 23.4 Å². The zero-order chi connectivity index (χ0) is 22.6. The molecule has 1 fully saturated rings. The maximum Gasteiger partial charge on any atom is 0.306 e. The van der Waals surface area contributed by atoms with E-state index in [0.717, 1.165) is 23.2 Å². The molecular formula is C23H25N5O3S. The van der Waals surface area contributed by atoms with E-state index < -0.39 is 5.97 Å². The van der Waals surface area contributed by atoms with Crippen molar-refractivity contribution in [3.05, 3.63) is 35.4 Å². The van der Waals surface area contributed by atoms with Crippen LogP contribution in [0.25, 0.3) is 16.8 Å². The number of rotatable bonds is 4. The number of aromatic nitrogens is 4. The Bertz CT molecular complexity index is 1250. The molecule has 1 unspecified atom stereocenters. The molecule has 1 aliphatic heterocycles. The van der Waals surface area contributed by atoms with Crippen molar-refractivity contribution in [3.63, 3.8) is 0 Å². The molecule has 2 aliphatic rings. The smallest absolute Gasteiger partial charge is 0.306 e. The molecule has 3 aromatic heterocycles. The topological polar surface area (TPSA) is 123 Å². The molecule has 4 heterocycles. The molecule has 166 valence electrons. The molecule has 5 rings (SSSR count). The highest BCUT2D eigenvalue weighted by Gasteiger charge is 2.32. The molecule has 0 amide bonds. The quantitative estimate of drug-likeness (QED) is 0.571. The summed E-state index contributed by atoms with van der Waals surface area (Å²) in [7, 11) is 0. The van der Waals surface area contributed by atoms with E-state index in [2.05, 4.69) is 23.1 Å². The number of carboxylic acid groups (broad SMARTS) is 1. The lowest BCUT2D eigenvalue weighted by Gasteiger charge is -2.27. The van der Waals surface area contributed by atoms with E-state index in [-0.39, 0.29) is 23.4 Å². The van der Waals surface area contributed by atoms with Crippen molar-refractivity contribution in [2.45, 2.75) is 62.0 Å². The van der Waals surface area contributed by atoms with E-state index >= 15 is 0 Å². The van der Waals surface area contributed by atoms with Crippen molar-refractivity contribution in [3.8, 4) is 11.1 Å². The van der Waals surface area contributed by atoms with Gasteiger partial charge in [0, 0.05) is 39.8 Å². The Balaban J connectivity index is 1.60. The summed E-state index contributed by atoms with van der Waals surface area (Å²) in [6, 6.07) is 2.13. The number of hydrogen-bond donors (Lipinski definition) is 2. The fourth-order valence-electron chi connectivity index (χ4n) is 4.91. The molecule has 1 saturated carbocycles. The van der Waals surface area contributed by atoms with E-state index in [1.54, 1.807) is 6.20 Å². The maximum atomic E-state index is 12.5. The second kappa shape index (κ2) is 7.88. The highest BCUT2D eigenvalue weighted by Crippen LogP contribution is 2.41. The summed E-state index contributed by atoms with van der Waals surface area (Å²) in [5.41, 5.74) is 10.9. The number of anilines is 1. The number of thioether (sulfide) groups is 1. The number of nitrogen functional groups attached to an aromatic ring is 1. The van der Waals surface area contributed by atoms with E-state index in [1.165, 1.54) is 16.3 Å². The van der Waals surface area contributed by atoms with Gasteiger partial charge in [0.05, 0.1) is 29.1 Å². The number of ketones is 1. The molecule has 32 heavy (non-hydrogen) atoms. The lowest BCUT2D eigenvalue weighted by Crippen LogP contribution is -2.23. The van der Waals surface area contributed by atoms with Gasteiger partial charge in [-0.2, -0.15) is 9.61 Å². The molecule has 9 heteroatoms. The van der Waals surface area contributed by atoms with Crippen LogP contribution >= 0.6 is 11.8 Å². The number of nitrogens with zero attached hydrogens (tertiary/aromatic N) is 4. The van der Waals surface area contributed by atoms with Gasteiger partial charge in [-0.3, -0.25) is 14.6 Å². The molecule has 3 N–H and O–H groups in total. The Hall–Kier alpha value is -2.94. The first kappa shape index (κ1) is 20.9. The second-order valence-corrected chi connectivity index (χ2v) is 10.3. The summed E-state index contributed by atoms with van der Waals surface area (Å²) in [5, 5.41) is 14.3. The van der Waals surface area contributed by atoms with Crippen LogP contribution in [-0.4, -0.2) is 41.7 Å². The zero-order valence-electron chi connectivity index (χ0n) is 18.0. The van der Waals surface area contributed by atoms with Crippen LogP contribution in [0.3, 0.4) is 0 Å². The zero-order valence-corrected chi connectivity index (χ0v) is 18.9. The van der Waals surface area contributed by atoms with Crippen LogP contribution in [0.5, 0.6) is 0 Å². The van der Waals surface area contributed by atoms with E-state index in [9.17, 15) is 14.7 Å². The number of fused-ring (bicyclic) bond motifs is 2. The fourth-order valence-corrected chi connectivity index (χ4v) is 6.05. The Morgan fingerprint density at radius 1 is 1.22 bits per heavy atom. The minimum Gasteiger partial charge on any atom is -0.481 e. The average Bonchev–Trinajstić information content (AvgIpc) is 3.35. The van der Waals surface area contributed by atoms with Gasteiger partial charge >= 0.3 is 5.97 Å². The van der Waals surface area contributed by atoms with Gasteiger partial charge in [0.15, 0.2) is 11.4 Å². The minimum atomic E-state index is -0.757. The molecule has 0 radical (unpaired) electrons. The molecule has 1 aliphatic carbocycles. The molecule has 3 aromatic rings. The van der Waals surface area contributed by atoms with Gasteiger partial charge < -0.3 is 10.8 Å². The number of Topliss-reactive ketones (excluding diaryl/α,β-unsaturated/α-hetero) is 1. The van der Waals surface area contributed by atoms with Gasteiger partial charge in [-0.05, 0) is 38.7 Å². The first-order chi connectivity index (χ1) is 15.3. The van der Waals surface area contributed by atoms with Crippen LogP contribution in [0.4, 0.5) is 5.82 Å². The summed E-state index contributed by atoms with van der Waals surface area (Å²) in [6.07, 6.45) is 7.01. The highest BCUT2D eigenvalue weighted by atomic mass is 32.2. The van der Waals surface area contributed by atoms with E-state index in [0.29, 0.717) is 47.8 Å². The standard InChI is InChI=1S/C23H25N5O3S/c1-11-7-17-18(32-11)8-15(9-25-17)16-10-26-28-21(24)19(12(2)29)20(27-22(16)28)13-3-5-14(6-4-13)23(30)31/h8-11,13-14H,3-7,24H2,1-2H3,(H,30,31). The Kier molecular flexibility index (Phi) is 5.16. The molecule has 0 spiro atoms. The fraction of sp³-hybridized carbons (Fsp3) is 0.435. The second-order valence-electron chi connectivity index (χ2n) is 8.80. The summed E-state index contributed by atoms with van der Waals surface area (Å²) in [6.45, 7) is 3.68. The molecule has 1 atom stereocenters. The van der Waals surface area contributed by atoms with Crippen LogP contribution in [0, 0.1) is 5.92 Å². The van der Waals surface area contributed by atoms with Gasteiger partial charge in [-0.15, -0.1) is 11.8 Å². The van der Waals surface area contributed by atoms with Crippen molar-refractivity contribution in [1.82, 2.24) is 19.6 Å². The molecule has 0 bridgehead atoms. The number of carbonyl (C=O) groups is 2. The number of hydrogen-bond acceptors (Lipinski definition) is 7. The van der Waals surface area contributed by atoms with E-state index in [4.69, 9.17) is 10.7 Å². The Labute approximate surface area is 189 Å². The molecular weight excluding hydrogens is 426 g/mol. The third-order valence-electron chi connectivity index (χ3n) is 6.58. The van der Waals surface area contributed by atoms with Gasteiger partial charge in [-0.25, -0.2) is 4.98 Å². The van der Waals surface area contributed by atoms with Crippen LogP contribution in [-0.2, 0) is 11.2 Å².